The van der Waals surface area contributed by atoms with E-state index >= 15 is 0 Å². The first-order chi connectivity index (χ1) is 8.66. The van der Waals surface area contributed by atoms with E-state index in [-0.39, 0.29) is 0 Å². The van der Waals surface area contributed by atoms with Crippen molar-refractivity contribution in [1.82, 2.24) is 15.1 Å². The van der Waals surface area contributed by atoms with Gasteiger partial charge < -0.3 is 10.1 Å². The van der Waals surface area contributed by atoms with Crippen LogP contribution in [0.1, 0.15) is 27.2 Å². The van der Waals surface area contributed by atoms with Crippen molar-refractivity contribution in [2.45, 2.75) is 45.3 Å². The smallest absolute Gasteiger partial charge is 0.0620 e. The molecule has 0 bridgehead atoms. The molecule has 0 radical (unpaired) electrons. The maximum absolute atomic E-state index is 5.53. The Morgan fingerprint density at radius 1 is 1.11 bits per heavy atom. The van der Waals surface area contributed by atoms with E-state index < -0.39 is 0 Å². The quantitative estimate of drug-likeness (QED) is 0.803. The van der Waals surface area contributed by atoms with Crippen LogP contribution in [0, 0.1) is 0 Å². The molecule has 0 saturated carbocycles. The van der Waals surface area contributed by atoms with E-state index in [2.05, 4.69) is 35.9 Å². The molecule has 2 rings (SSSR count). The van der Waals surface area contributed by atoms with Crippen LogP contribution < -0.4 is 5.32 Å². The molecule has 2 fully saturated rings. The second-order valence-corrected chi connectivity index (χ2v) is 5.98. The number of morpholine rings is 1. The van der Waals surface area contributed by atoms with Gasteiger partial charge >= 0.3 is 0 Å². The average molecular weight is 255 g/mol. The molecule has 4 nitrogen and oxygen atoms in total. The molecule has 2 atom stereocenters. The average Bonchev–Trinajstić information content (AvgIpc) is 2.40. The number of rotatable bonds is 4. The predicted molar refractivity (Wildman–Crippen MR) is 75.0 cm³/mol. The molecule has 2 unspecified atom stereocenters. The fraction of sp³-hybridized carbons (Fsp3) is 1.00. The van der Waals surface area contributed by atoms with Crippen molar-refractivity contribution in [2.24, 2.45) is 0 Å². The fourth-order valence-electron chi connectivity index (χ4n) is 3.03. The summed E-state index contributed by atoms with van der Waals surface area (Å²) in [6.07, 6.45) is 1.21. The van der Waals surface area contributed by atoms with Crippen LogP contribution in [-0.2, 0) is 4.74 Å². The van der Waals surface area contributed by atoms with E-state index in [0.717, 1.165) is 19.8 Å². The summed E-state index contributed by atoms with van der Waals surface area (Å²) in [7, 11) is 0. The van der Waals surface area contributed by atoms with Gasteiger partial charge in [0.25, 0.3) is 0 Å². The molecule has 0 aliphatic carbocycles. The summed E-state index contributed by atoms with van der Waals surface area (Å²) in [5, 5.41) is 3.55. The molecule has 2 aliphatic heterocycles. The highest BCUT2D eigenvalue weighted by molar-refractivity contribution is 4.82. The Morgan fingerprint density at radius 3 is 2.33 bits per heavy atom. The van der Waals surface area contributed by atoms with Crippen LogP contribution >= 0.6 is 0 Å². The molecule has 2 heterocycles. The van der Waals surface area contributed by atoms with Crippen LogP contribution in [0.15, 0.2) is 0 Å². The third-order valence-electron chi connectivity index (χ3n) is 4.33. The lowest BCUT2D eigenvalue weighted by atomic mass is 10.1. The Labute approximate surface area is 112 Å². The lowest BCUT2D eigenvalue weighted by Gasteiger charge is -2.41. The van der Waals surface area contributed by atoms with Crippen molar-refractivity contribution in [3.8, 4) is 0 Å². The maximum Gasteiger partial charge on any atom is 0.0620 e. The molecular weight excluding hydrogens is 226 g/mol. The zero-order valence-electron chi connectivity index (χ0n) is 12.2. The summed E-state index contributed by atoms with van der Waals surface area (Å²) in [5.74, 6) is 0. The van der Waals surface area contributed by atoms with Crippen LogP contribution in [0.3, 0.4) is 0 Å². The van der Waals surface area contributed by atoms with Gasteiger partial charge in [0.2, 0.25) is 0 Å². The van der Waals surface area contributed by atoms with Crippen molar-refractivity contribution in [1.29, 1.82) is 0 Å². The monoisotopic (exact) mass is 255 g/mol. The number of hydrogen-bond donors (Lipinski definition) is 1. The van der Waals surface area contributed by atoms with Gasteiger partial charge in [-0.2, -0.15) is 0 Å². The van der Waals surface area contributed by atoms with Crippen molar-refractivity contribution in [3.05, 3.63) is 0 Å². The van der Waals surface area contributed by atoms with E-state index in [4.69, 9.17) is 4.74 Å². The van der Waals surface area contributed by atoms with Crippen molar-refractivity contribution in [2.75, 3.05) is 45.9 Å². The molecule has 0 aromatic carbocycles. The lowest BCUT2D eigenvalue weighted by Crippen LogP contribution is -2.53. The van der Waals surface area contributed by atoms with Gasteiger partial charge in [-0.1, -0.05) is 0 Å². The van der Waals surface area contributed by atoms with Gasteiger partial charge in [0.15, 0.2) is 0 Å². The molecule has 4 heteroatoms. The van der Waals surface area contributed by atoms with E-state index in [1.807, 2.05) is 0 Å². The Bertz CT molecular complexity index is 233. The minimum Gasteiger partial charge on any atom is -0.379 e. The second kappa shape index (κ2) is 6.85. The standard InChI is InChI=1S/C14H29N3O/c1-12(2)16-5-7-17(8-6-16)13(3)10-14-11-18-9-4-15-14/h12-15H,4-11H2,1-3H3. The van der Waals surface area contributed by atoms with Gasteiger partial charge in [0, 0.05) is 50.8 Å². The van der Waals surface area contributed by atoms with E-state index in [1.54, 1.807) is 0 Å². The molecule has 2 saturated heterocycles. The summed E-state index contributed by atoms with van der Waals surface area (Å²) in [5.41, 5.74) is 0. The number of piperazine rings is 1. The molecule has 0 amide bonds. The third-order valence-corrected chi connectivity index (χ3v) is 4.33. The van der Waals surface area contributed by atoms with Gasteiger partial charge in [-0.25, -0.2) is 0 Å². The molecule has 18 heavy (non-hydrogen) atoms. The molecule has 0 spiro atoms. The first-order valence-corrected chi connectivity index (χ1v) is 7.46. The van der Waals surface area contributed by atoms with E-state index in [0.29, 0.717) is 18.1 Å². The summed E-state index contributed by atoms with van der Waals surface area (Å²) in [6, 6.07) is 1.91. The highest BCUT2D eigenvalue weighted by Gasteiger charge is 2.24. The lowest BCUT2D eigenvalue weighted by molar-refractivity contribution is 0.0461. The van der Waals surface area contributed by atoms with Gasteiger partial charge in [0.1, 0.15) is 0 Å². The number of nitrogens with one attached hydrogen (secondary N) is 1. The Kier molecular flexibility index (Phi) is 5.42. The van der Waals surface area contributed by atoms with Crippen LogP contribution in [0.4, 0.5) is 0 Å². The normalized spacial score (nSPS) is 29.7. The van der Waals surface area contributed by atoms with Gasteiger partial charge in [-0.3, -0.25) is 9.80 Å². The van der Waals surface area contributed by atoms with Gasteiger partial charge in [-0.05, 0) is 27.2 Å². The van der Waals surface area contributed by atoms with Crippen molar-refractivity contribution in [3.63, 3.8) is 0 Å². The minimum atomic E-state index is 0.553. The summed E-state index contributed by atoms with van der Waals surface area (Å²) >= 11 is 0. The summed E-state index contributed by atoms with van der Waals surface area (Å²) < 4.78 is 5.53. The Morgan fingerprint density at radius 2 is 1.78 bits per heavy atom. The molecule has 106 valence electrons. The zero-order valence-corrected chi connectivity index (χ0v) is 12.2. The molecule has 2 aliphatic rings. The first kappa shape index (κ1) is 14.3. The van der Waals surface area contributed by atoms with Crippen LogP contribution in [-0.4, -0.2) is 73.9 Å². The highest BCUT2D eigenvalue weighted by atomic mass is 16.5. The Hall–Kier alpha value is -0.160. The number of hydrogen-bond acceptors (Lipinski definition) is 4. The van der Waals surface area contributed by atoms with E-state index in [9.17, 15) is 0 Å². The SMILES string of the molecule is CC(C)N1CCN(C(C)CC2COCCN2)CC1. The zero-order chi connectivity index (χ0) is 13.0. The van der Waals surface area contributed by atoms with Crippen LogP contribution in [0.2, 0.25) is 0 Å². The van der Waals surface area contributed by atoms with Crippen LogP contribution in [0.5, 0.6) is 0 Å². The first-order valence-electron chi connectivity index (χ1n) is 7.46. The third kappa shape index (κ3) is 3.92. The maximum atomic E-state index is 5.53. The number of ether oxygens (including phenoxy) is 1. The number of nitrogens with zero attached hydrogens (tertiary/aromatic N) is 2. The molecule has 0 aromatic heterocycles. The predicted octanol–water partition coefficient (Wildman–Crippen LogP) is 0.779. The molecule has 1 N–H and O–H groups in total. The topological polar surface area (TPSA) is 27.7 Å². The summed E-state index contributed by atoms with van der Waals surface area (Å²) in [6.45, 7) is 14.6. The minimum absolute atomic E-state index is 0.553. The van der Waals surface area contributed by atoms with Crippen LogP contribution in [0.25, 0.3) is 0 Å². The molecular formula is C14H29N3O. The second-order valence-electron chi connectivity index (χ2n) is 5.98. The summed E-state index contributed by atoms with van der Waals surface area (Å²) in [4.78, 5) is 5.21. The molecule has 0 aromatic rings. The van der Waals surface area contributed by atoms with Crippen molar-refractivity contribution < 1.29 is 4.74 Å². The fourth-order valence-corrected chi connectivity index (χ4v) is 3.03. The van der Waals surface area contributed by atoms with E-state index in [1.165, 1.54) is 32.6 Å². The van der Waals surface area contributed by atoms with Crippen molar-refractivity contribution >= 4 is 0 Å². The highest BCUT2D eigenvalue weighted by Crippen LogP contribution is 2.13. The van der Waals surface area contributed by atoms with Gasteiger partial charge in [0.05, 0.1) is 13.2 Å². The Balaban J connectivity index is 1.71. The largest absolute Gasteiger partial charge is 0.379 e. The van der Waals surface area contributed by atoms with Gasteiger partial charge in [-0.15, -0.1) is 0 Å².